The van der Waals surface area contributed by atoms with E-state index in [-0.39, 0.29) is 24.0 Å². The molecule has 0 radical (unpaired) electrons. The quantitative estimate of drug-likeness (QED) is 0.302. The molecule has 1 aromatic rings. The summed E-state index contributed by atoms with van der Waals surface area (Å²) in [5.74, 6) is 1.99. The second kappa shape index (κ2) is 12.7. The minimum absolute atomic E-state index is 0. The maximum absolute atomic E-state index is 12.7. The van der Waals surface area contributed by atoms with Crippen molar-refractivity contribution in [1.29, 1.82) is 0 Å². The molecule has 0 bridgehead atoms. The number of nitrogens with zero attached hydrogens (tertiary/aromatic N) is 2. The monoisotopic (exact) mass is 536 g/mol. The first kappa shape index (κ1) is 26.2. The van der Waals surface area contributed by atoms with Gasteiger partial charge in [-0.05, 0) is 56.6 Å². The molecule has 2 rings (SSSR count). The van der Waals surface area contributed by atoms with E-state index in [4.69, 9.17) is 0 Å². The van der Waals surface area contributed by atoms with Gasteiger partial charge in [0.05, 0.1) is 4.90 Å². The Morgan fingerprint density at radius 3 is 2.31 bits per heavy atom. The second-order valence-corrected chi connectivity index (χ2v) is 10.1. The van der Waals surface area contributed by atoms with E-state index < -0.39 is 10.0 Å². The number of piperidine rings is 1. The molecule has 1 fully saturated rings. The van der Waals surface area contributed by atoms with Crippen molar-refractivity contribution in [2.24, 2.45) is 16.8 Å². The third-order valence-corrected chi connectivity index (χ3v) is 7.21. The average Bonchev–Trinajstić information content (AvgIpc) is 2.70. The number of guanidine groups is 1. The van der Waals surface area contributed by atoms with Gasteiger partial charge in [0.15, 0.2) is 5.96 Å². The highest BCUT2D eigenvalue weighted by Gasteiger charge is 2.29. The molecule has 1 saturated heterocycles. The number of hydrogen-bond acceptors (Lipinski definition) is 3. The van der Waals surface area contributed by atoms with Crippen LogP contribution in [0.15, 0.2) is 40.2 Å². The summed E-state index contributed by atoms with van der Waals surface area (Å²) in [5, 5.41) is 6.86. The van der Waals surface area contributed by atoms with E-state index in [1.807, 2.05) is 6.07 Å². The Hall–Kier alpha value is -0.870. The van der Waals surface area contributed by atoms with Crippen LogP contribution in [0.1, 0.15) is 46.5 Å². The first-order valence-electron chi connectivity index (χ1n) is 10.3. The van der Waals surface area contributed by atoms with Gasteiger partial charge in [-0.2, -0.15) is 4.31 Å². The second-order valence-electron chi connectivity index (χ2n) is 8.13. The van der Waals surface area contributed by atoms with E-state index >= 15 is 0 Å². The molecule has 6 nitrogen and oxygen atoms in total. The van der Waals surface area contributed by atoms with Crippen molar-refractivity contribution in [2.75, 3.05) is 26.7 Å². The highest BCUT2D eigenvalue weighted by molar-refractivity contribution is 14.0. The molecule has 0 aliphatic carbocycles. The molecule has 29 heavy (non-hydrogen) atoms. The zero-order valence-corrected chi connectivity index (χ0v) is 21.2. The van der Waals surface area contributed by atoms with E-state index in [1.165, 1.54) is 6.42 Å². The van der Waals surface area contributed by atoms with Gasteiger partial charge in [-0.1, -0.05) is 32.0 Å². The van der Waals surface area contributed by atoms with Crippen LogP contribution in [0, 0.1) is 11.8 Å². The summed E-state index contributed by atoms with van der Waals surface area (Å²) in [6, 6.07) is 9.08. The Labute approximate surface area is 194 Å². The van der Waals surface area contributed by atoms with E-state index in [1.54, 1.807) is 35.6 Å². The minimum Gasteiger partial charge on any atom is -0.356 e. The molecule has 8 heteroatoms. The van der Waals surface area contributed by atoms with E-state index in [9.17, 15) is 8.42 Å². The fraction of sp³-hybridized carbons (Fsp3) is 0.667. The molecule has 1 aromatic carbocycles. The van der Waals surface area contributed by atoms with Gasteiger partial charge < -0.3 is 10.6 Å². The van der Waals surface area contributed by atoms with Gasteiger partial charge in [-0.3, -0.25) is 4.99 Å². The number of sulfonamides is 1. The number of rotatable bonds is 8. The fourth-order valence-corrected chi connectivity index (χ4v) is 4.91. The van der Waals surface area contributed by atoms with E-state index in [0.29, 0.717) is 35.9 Å². The summed E-state index contributed by atoms with van der Waals surface area (Å²) in [4.78, 5) is 4.70. The van der Waals surface area contributed by atoms with Crippen molar-refractivity contribution in [1.82, 2.24) is 14.9 Å². The molecule has 1 unspecified atom stereocenters. The molecular weight excluding hydrogens is 499 g/mol. The molecule has 0 aromatic heterocycles. The summed E-state index contributed by atoms with van der Waals surface area (Å²) in [6.07, 6.45) is 4.03. The normalized spacial score (nSPS) is 17.6. The minimum atomic E-state index is -3.37. The maximum atomic E-state index is 12.7. The highest BCUT2D eigenvalue weighted by Crippen LogP contribution is 2.23. The maximum Gasteiger partial charge on any atom is 0.243 e. The van der Waals surface area contributed by atoms with Crippen LogP contribution in [0.25, 0.3) is 0 Å². The van der Waals surface area contributed by atoms with E-state index in [0.717, 1.165) is 31.8 Å². The lowest BCUT2D eigenvalue weighted by Crippen LogP contribution is -2.46. The van der Waals surface area contributed by atoms with E-state index in [2.05, 4.69) is 36.4 Å². The molecule has 0 saturated carbocycles. The lowest BCUT2D eigenvalue weighted by atomic mass is 9.98. The molecule has 1 atom stereocenters. The van der Waals surface area contributed by atoms with Gasteiger partial charge in [-0.15, -0.1) is 24.0 Å². The molecule has 1 heterocycles. The van der Waals surface area contributed by atoms with Gasteiger partial charge in [0, 0.05) is 32.7 Å². The van der Waals surface area contributed by atoms with Gasteiger partial charge >= 0.3 is 0 Å². The SMILES string of the molecule is CN=C(NCC1CCN(S(=O)(=O)c2ccccc2)CC1)NC(C)CCC(C)C.I. The van der Waals surface area contributed by atoms with Crippen LogP contribution in [-0.4, -0.2) is 51.4 Å². The van der Waals surface area contributed by atoms with Gasteiger partial charge in [0.25, 0.3) is 0 Å². The first-order chi connectivity index (χ1) is 13.3. The Balaban J connectivity index is 0.00000420. The molecule has 2 N–H and O–H groups in total. The predicted octanol–water partition coefficient (Wildman–Crippen LogP) is 3.70. The topological polar surface area (TPSA) is 73.8 Å². The lowest BCUT2D eigenvalue weighted by Gasteiger charge is -2.31. The molecular formula is C21H37IN4O2S. The van der Waals surface area contributed by atoms with Crippen molar-refractivity contribution in [3.63, 3.8) is 0 Å². The predicted molar refractivity (Wildman–Crippen MR) is 131 cm³/mol. The summed E-state index contributed by atoms with van der Waals surface area (Å²) in [5.41, 5.74) is 0. The van der Waals surface area contributed by atoms with Crippen LogP contribution in [-0.2, 0) is 10.0 Å². The van der Waals surface area contributed by atoms with Crippen molar-refractivity contribution in [3.8, 4) is 0 Å². The van der Waals surface area contributed by atoms with Crippen molar-refractivity contribution < 1.29 is 8.42 Å². The Morgan fingerprint density at radius 1 is 1.14 bits per heavy atom. The number of nitrogens with one attached hydrogen (secondary N) is 2. The third-order valence-electron chi connectivity index (χ3n) is 5.30. The number of hydrogen-bond donors (Lipinski definition) is 2. The largest absolute Gasteiger partial charge is 0.356 e. The average molecular weight is 537 g/mol. The third kappa shape index (κ3) is 8.41. The van der Waals surface area contributed by atoms with Crippen LogP contribution in [0.4, 0.5) is 0 Å². The summed E-state index contributed by atoms with van der Waals surface area (Å²) in [7, 11) is -1.58. The van der Waals surface area contributed by atoms with Crippen LogP contribution in [0.5, 0.6) is 0 Å². The standard InChI is InChI=1S/C21H36N4O2S.HI/c1-17(2)10-11-18(3)24-21(22-4)23-16-19-12-14-25(15-13-19)28(26,27)20-8-6-5-7-9-20;/h5-9,17-19H,10-16H2,1-4H3,(H2,22,23,24);1H. The Kier molecular flexibility index (Phi) is 11.5. The van der Waals surface area contributed by atoms with Gasteiger partial charge in [0.1, 0.15) is 0 Å². The van der Waals surface area contributed by atoms with Crippen LogP contribution >= 0.6 is 24.0 Å². The van der Waals surface area contributed by atoms with Crippen molar-refractivity contribution in [2.45, 2.75) is 57.4 Å². The van der Waals surface area contributed by atoms with Crippen molar-refractivity contribution in [3.05, 3.63) is 30.3 Å². The highest BCUT2D eigenvalue weighted by atomic mass is 127. The fourth-order valence-electron chi connectivity index (χ4n) is 3.42. The zero-order chi connectivity index (χ0) is 20.6. The van der Waals surface area contributed by atoms with Crippen LogP contribution in [0.2, 0.25) is 0 Å². The Morgan fingerprint density at radius 2 is 1.76 bits per heavy atom. The van der Waals surface area contributed by atoms with Crippen LogP contribution in [0.3, 0.4) is 0 Å². The van der Waals surface area contributed by atoms with Gasteiger partial charge in [0.2, 0.25) is 10.0 Å². The molecule has 1 aliphatic heterocycles. The summed E-state index contributed by atoms with van der Waals surface area (Å²) < 4.78 is 27.0. The number of halogens is 1. The van der Waals surface area contributed by atoms with Gasteiger partial charge in [-0.25, -0.2) is 8.42 Å². The smallest absolute Gasteiger partial charge is 0.243 e. The number of aliphatic imine (C=N–C) groups is 1. The molecule has 0 spiro atoms. The molecule has 0 amide bonds. The van der Waals surface area contributed by atoms with Crippen molar-refractivity contribution >= 4 is 40.0 Å². The summed E-state index contributed by atoms with van der Waals surface area (Å²) >= 11 is 0. The lowest BCUT2D eigenvalue weighted by molar-refractivity contribution is 0.273. The first-order valence-corrected chi connectivity index (χ1v) is 11.8. The Bertz CT molecular complexity index is 717. The summed E-state index contributed by atoms with van der Waals surface area (Å²) in [6.45, 7) is 8.62. The number of benzene rings is 1. The van der Waals surface area contributed by atoms with Crippen LogP contribution < -0.4 is 10.6 Å². The zero-order valence-electron chi connectivity index (χ0n) is 18.1. The molecule has 166 valence electrons. The molecule has 1 aliphatic rings.